The molecule has 0 atom stereocenters. The monoisotopic (exact) mass is 326 g/mol. The summed E-state index contributed by atoms with van der Waals surface area (Å²) in [4.78, 5) is 20.6. The van der Waals surface area contributed by atoms with Crippen molar-refractivity contribution in [2.45, 2.75) is 6.92 Å². The van der Waals surface area contributed by atoms with Gasteiger partial charge in [-0.1, -0.05) is 0 Å². The Morgan fingerprint density at radius 3 is 3.00 bits per heavy atom. The summed E-state index contributed by atoms with van der Waals surface area (Å²) in [6.45, 7) is 2.33. The summed E-state index contributed by atoms with van der Waals surface area (Å²) >= 11 is 0. The number of aromatic nitrogens is 3. The summed E-state index contributed by atoms with van der Waals surface area (Å²) in [5.74, 6) is 0.958. The van der Waals surface area contributed by atoms with E-state index < -0.39 is 0 Å². The van der Waals surface area contributed by atoms with E-state index in [4.69, 9.17) is 9.47 Å². The number of carbonyl (C=O) groups excluding carboxylic acids is 1. The molecule has 124 valence electrons. The fourth-order valence-corrected chi connectivity index (χ4v) is 2.32. The largest absolute Gasteiger partial charge is 0.495 e. The molecule has 2 aromatic heterocycles. The van der Waals surface area contributed by atoms with Crippen molar-refractivity contribution in [2.24, 2.45) is 0 Å². The van der Waals surface area contributed by atoms with Gasteiger partial charge in [-0.2, -0.15) is 0 Å². The average Bonchev–Trinajstić information content (AvgIpc) is 3.04. The van der Waals surface area contributed by atoms with Crippen LogP contribution in [0.1, 0.15) is 6.92 Å². The van der Waals surface area contributed by atoms with E-state index in [1.807, 2.05) is 41.9 Å². The van der Waals surface area contributed by atoms with E-state index in [-0.39, 0.29) is 12.5 Å². The van der Waals surface area contributed by atoms with Crippen LogP contribution >= 0.6 is 0 Å². The third kappa shape index (κ3) is 3.36. The molecule has 3 aromatic rings. The fraction of sp³-hybridized carbons (Fsp3) is 0.235. The van der Waals surface area contributed by atoms with Crippen molar-refractivity contribution in [3.63, 3.8) is 0 Å². The number of anilines is 1. The molecule has 3 rings (SSSR count). The molecule has 1 amide bonds. The van der Waals surface area contributed by atoms with E-state index in [1.165, 1.54) is 0 Å². The van der Waals surface area contributed by atoms with E-state index in [1.54, 1.807) is 19.4 Å². The Kier molecular flexibility index (Phi) is 4.72. The minimum Gasteiger partial charge on any atom is -0.495 e. The van der Waals surface area contributed by atoms with Gasteiger partial charge in [-0.15, -0.1) is 0 Å². The molecule has 0 unspecified atom stereocenters. The van der Waals surface area contributed by atoms with Crippen molar-refractivity contribution >= 4 is 17.4 Å². The van der Waals surface area contributed by atoms with Crippen molar-refractivity contribution in [1.82, 2.24) is 14.4 Å². The molecule has 0 radical (unpaired) electrons. The zero-order valence-corrected chi connectivity index (χ0v) is 13.5. The predicted octanol–water partition coefficient (Wildman–Crippen LogP) is 2.38. The molecule has 0 aliphatic carbocycles. The van der Waals surface area contributed by atoms with E-state index >= 15 is 0 Å². The summed E-state index contributed by atoms with van der Waals surface area (Å²) < 4.78 is 12.3. The molecule has 0 fully saturated rings. The van der Waals surface area contributed by atoms with Crippen LogP contribution in [0.4, 0.5) is 5.69 Å². The van der Waals surface area contributed by atoms with Crippen LogP contribution in [0.3, 0.4) is 0 Å². The molecule has 1 N–H and O–H groups in total. The van der Waals surface area contributed by atoms with Gasteiger partial charge < -0.3 is 14.8 Å². The van der Waals surface area contributed by atoms with Crippen molar-refractivity contribution in [2.75, 3.05) is 25.6 Å². The first-order chi connectivity index (χ1) is 11.7. The van der Waals surface area contributed by atoms with Crippen LogP contribution in [0.15, 0.2) is 42.9 Å². The summed E-state index contributed by atoms with van der Waals surface area (Å²) in [5.41, 5.74) is 2.19. The highest BCUT2D eigenvalue weighted by atomic mass is 16.5. The summed E-state index contributed by atoms with van der Waals surface area (Å²) in [6, 6.07) is 7.35. The van der Waals surface area contributed by atoms with Crippen molar-refractivity contribution in [3.05, 3.63) is 42.9 Å². The average molecular weight is 326 g/mol. The molecule has 0 aliphatic rings. The van der Waals surface area contributed by atoms with E-state index in [0.717, 1.165) is 11.3 Å². The van der Waals surface area contributed by atoms with Crippen LogP contribution < -0.4 is 10.1 Å². The lowest BCUT2D eigenvalue weighted by molar-refractivity contribution is -0.120. The SMILES string of the molecule is CCOCC(=O)Nc1cc(-c2cn3cccnc3n2)ccc1OC. The van der Waals surface area contributed by atoms with Gasteiger partial charge in [0.15, 0.2) is 0 Å². The van der Waals surface area contributed by atoms with Gasteiger partial charge in [-0.25, -0.2) is 9.97 Å². The number of nitrogens with zero attached hydrogens (tertiary/aromatic N) is 3. The number of hydrogen-bond acceptors (Lipinski definition) is 5. The van der Waals surface area contributed by atoms with Gasteiger partial charge in [0.25, 0.3) is 0 Å². The highest BCUT2D eigenvalue weighted by Gasteiger charge is 2.11. The number of rotatable bonds is 6. The summed E-state index contributed by atoms with van der Waals surface area (Å²) in [5, 5.41) is 2.80. The van der Waals surface area contributed by atoms with Crippen LogP contribution in [0.25, 0.3) is 17.0 Å². The second-order valence-electron chi connectivity index (χ2n) is 5.05. The Morgan fingerprint density at radius 1 is 1.38 bits per heavy atom. The van der Waals surface area contributed by atoms with Crippen LogP contribution in [0, 0.1) is 0 Å². The number of ether oxygens (including phenoxy) is 2. The van der Waals surface area contributed by atoms with Crippen LogP contribution in [-0.4, -0.2) is 40.6 Å². The minimum atomic E-state index is -0.232. The van der Waals surface area contributed by atoms with Gasteiger partial charge in [-0.3, -0.25) is 9.20 Å². The molecule has 24 heavy (non-hydrogen) atoms. The summed E-state index contributed by atoms with van der Waals surface area (Å²) in [7, 11) is 1.56. The third-order valence-corrected chi connectivity index (χ3v) is 3.44. The first-order valence-electron chi connectivity index (χ1n) is 7.57. The van der Waals surface area contributed by atoms with Crippen molar-refractivity contribution in [3.8, 4) is 17.0 Å². The second kappa shape index (κ2) is 7.10. The first-order valence-corrected chi connectivity index (χ1v) is 7.57. The Bertz CT molecular complexity index is 827. The molecule has 7 heteroatoms. The molecule has 0 spiro atoms. The highest BCUT2D eigenvalue weighted by molar-refractivity contribution is 5.94. The number of carbonyl (C=O) groups is 1. The molecular weight excluding hydrogens is 308 g/mol. The number of nitrogens with one attached hydrogen (secondary N) is 1. The molecule has 2 heterocycles. The lowest BCUT2D eigenvalue weighted by Crippen LogP contribution is -2.18. The van der Waals surface area contributed by atoms with Gasteiger partial charge in [0.05, 0.1) is 18.5 Å². The quantitative estimate of drug-likeness (QED) is 0.752. The van der Waals surface area contributed by atoms with E-state index in [0.29, 0.717) is 23.8 Å². The van der Waals surface area contributed by atoms with Crippen molar-refractivity contribution < 1.29 is 14.3 Å². The maximum atomic E-state index is 11.9. The number of amides is 1. The van der Waals surface area contributed by atoms with Crippen molar-refractivity contribution in [1.29, 1.82) is 0 Å². The normalized spacial score (nSPS) is 10.8. The Labute approximate surface area is 139 Å². The number of fused-ring (bicyclic) bond motifs is 1. The van der Waals surface area contributed by atoms with E-state index in [2.05, 4.69) is 15.3 Å². The maximum Gasteiger partial charge on any atom is 0.250 e. The smallest absolute Gasteiger partial charge is 0.250 e. The molecule has 0 saturated carbocycles. The lowest BCUT2D eigenvalue weighted by Gasteiger charge is -2.11. The Hall–Kier alpha value is -2.93. The van der Waals surface area contributed by atoms with Gasteiger partial charge in [-0.05, 0) is 31.2 Å². The standard InChI is InChI=1S/C17H18N4O3/c1-3-24-11-16(22)19-13-9-12(5-6-15(13)23-2)14-10-21-8-4-7-18-17(21)20-14/h4-10H,3,11H2,1-2H3,(H,19,22). The second-order valence-corrected chi connectivity index (χ2v) is 5.05. The van der Waals surface area contributed by atoms with Gasteiger partial charge in [0.2, 0.25) is 11.7 Å². The number of imidazole rings is 1. The molecule has 1 aromatic carbocycles. The van der Waals surface area contributed by atoms with Crippen LogP contribution in [-0.2, 0) is 9.53 Å². The van der Waals surface area contributed by atoms with Crippen LogP contribution in [0.5, 0.6) is 5.75 Å². The zero-order chi connectivity index (χ0) is 16.9. The fourth-order valence-electron chi connectivity index (χ4n) is 2.32. The van der Waals surface area contributed by atoms with Gasteiger partial charge in [0.1, 0.15) is 12.4 Å². The zero-order valence-electron chi connectivity index (χ0n) is 13.5. The summed E-state index contributed by atoms with van der Waals surface area (Å²) in [6.07, 6.45) is 5.46. The van der Waals surface area contributed by atoms with Gasteiger partial charge >= 0.3 is 0 Å². The maximum absolute atomic E-state index is 11.9. The Balaban J connectivity index is 1.91. The first kappa shape index (κ1) is 15.9. The lowest BCUT2D eigenvalue weighted by atomic mass is 10.1. The molecular formula is C17H18N4O3. The number of hydrogen-bond donors (Lipinski definition) is 1. The molecule has 7 nitrogen and oxygen atoms in total. The number of methoxy groups -OCH3 is 1. The van der Waals surface area contributed by atoms with E-state index in [9.17, 15) is 4.79 Å². The predicted molar refractivity (Wildman–Crippen MR) is 90.1 cm³/mol. The third-order valence-electron chi connectivity index (χ3n) is 3.44. The molecule has 0 aliphatic heterocycles. The topological polar surface area (TPSA) is 77.8 Å². The molecule has 0 bridgehead atoms. The highest BCUT2D eigenvalue weighted by Crippen LogP contribution is 2.30. The minimum absolute atomic E-state index is 0.00215. The number of benzene rings is 1. The van der Waals surface area contributed by atoms with Gasteiger partial charge in [0, 0.05) is 30.8 Å². The Morgan fingerprint density at radius 2 is 2.25 bits per heavy atom. The van der Waals surface area contributed by atoms with Crippen LogP contribution in [0.2, 0.25) is 0 Å². The molecule has 0 saturated heterocycles.